The molecule has 0 spiro atoms. The van der Waals surface area contributed by atoms with Crippen LogP contribution in [0.2, 0.25) is 0 Å². The number of hydrogen-bond donors (Lipinski definition) is 1. The van der Waals surface area contributed by atoms with Crippen molar-refractivity contribution in [3.63, 3.8) is 0 Å². The molecule has 0 amide bonds. The second-order valence-corrected chi connectivity index (χ2v) is 4.38. The fourth-order valence-corrected chi connectivity index (χ4v) is 1.72. The molecule has 1 aromatic heterocycles. The molecule has 0 aliphatic heterocycles. The number of nitrogens with two attached hydrogens (primary N) is 1. The second-order valence-electron chi connectivity index (χ2n) is 3.46. The first kappa shape index (κ1) is 12.9. The number of hydrogen-bond acceptors (Lipinski definition) is 3. The Hall–Kier alpha value is -1.53. The molecule has 3 nitrogen and oxygen atoms in total. The van der Waals surface area contributed by atoms with Gasteiger partial charge in [0.1, 0.15) is 11.6 Å². The van der Waals surface area contributed by atoms with Crippen molar-refractivity contribution in [2.45, 2.75) is 6.54 Å². The van der Waals surface area contributed by atoms with E-state index >= 15 is 0 Å². The lowest BCUT2D eigenvalue weighted by atomic mass is 10.2. The van der Waals surface area contributed by atoms with Crippen LogP contribution in [0, 0.1) is 11.6 Å². The van der Waals surface area contributed by atoms with E-state index in [9.17, 15) is 8.78 Å². The van der Waals surface area contributed by atoms with Crippen LogP contribution in [0.3, 0.4) is 0 Å². The number of halogens is 3. The van der Waals surface area contributed by atoms with E-state index in [0.717, 1.165) is 0 Å². The van der Waals surface area contributed by atoms with Gasteiger partial charge in [-0.1, -0.05) is 6.07 Å². The Morgan fingerprint density at radius 2 is 2.06 bits per heavy atom. The number of ether oxygens (including phenoxy) is 1. The molecule has 1 aromatic carbocycles. The zero-order valence-electron chi connectivity index (χ0n) is 9.16. The maximum absolute atomic E-state index is 13.5. The highest BCUT2D eigenvalue weighted by Gasteiger charge is 2.12. The molecule has 0 radical (unpaired) electrons. The quantitative estimate of drug-likeness (QED) is 0.945. The zero-order valence-corrected chi connectivity index (χ0v) is 10.7. The number of nitrogens with zero attached hydrogens (tertiary/aromatic N) is 1. The largest absolute Gasteiger partial charge is 0.436 e. The molecule has 0 unspecified atom stereocenters. The fraction of sp³-hybridized carbons (Fsp3) is 0.0833. The van der Waals surface area contributed by atoms with E-state index in [0.29, 0.717) is 4.47 Å². The van der Waals surface area contributed by atoms with E-state index in [4.69, 9.17) is 10.5 Å². The highest BCUT2D eigenvalue weighted by atomic mass is 79.9. The topological polar surface area (TPSA) is 48.1 Å². The monoisotopic (exact) mass is 314 g/mol. The average Bonchev–Trinajstić information content (AvgIpc) is 2.33. The molecular formula is C12H9BrF2N2O. The van der Waals surface area contributed by atoms with E-state index in [1.165, 1.54) is 30.5 Å². The van der Waals surface area contributed by atoms with E-state index in [1.807, 2.05) is 0 Å². The molecular weight excluding hydrogens is 306 g/mol. The van der Waals surface area contributed by atoms with Gasteiger partial charge in [0.25, 0.3) is 5.88 Å². The van der Waals surface area contributed by atoms with Crippen LogP contribution in [0.25, 0.3) is 0 Å². The first-order valence-corrected chi connectivity index (χ1v) is 5.87. The third-order valence-corrected chi connectivity index (χ3v) is 2.69. The third-order valence-electron chi connectivity index (χ3n) is 2.26. The Balaban J connectivity index is 2.37. The molecule has 0 saturated carbocycles. The van der Waals surface area contributed by atoms with Crippen LogP contribution in [-0.2, 0) is 6.54 Å². The van der Waals surface area contributed by atoms with Crippen LogP contribution in [0.15, 0.2) is 34.9 Å². The van der Waals surface area contributed by atoms with Gasteiger partial charge in [0, 0.05) is 22.8 Å². The standard InChI is InChI=1S/C12H9BrF2N2O/c13-7-4-10(15)12(17-6-7)18-11-3-1-2-9(14)8(11)5-16/h1-4,6H,5,16H2. The van der Waals surface area contributed by atoms with Gasteiger partial charge in [-0.05, 0) is 34.1 Å². The molecule has 0 aliphatic carbocycles. The summed E-state index contributed by atoms with van der Waals surface area (Å²) >= 11 is 3.08. The Labute approximate surface area is 111 Å². The van der Waals surface area contributed by atoms with Crippen LogP contribution in [0.5, 0.6) is 11.6 Å². The van der Waals surface area contributed by atoms with Crippen molar-refractivity contribution in [3.05, 3.63) is 52.1 Å². The average molecular weight is 315 g/mol. The lowest BCUT2D eigenvalue weighted by molar-refractivity contribution is 0.414. The van der Waals surface area contributed by atoms with Crippen molar-refractivity contribution >= 4 is 15.9 Å². The van der Waals surface area contributed by atoms with Crippen LogP contribution in [-0.4, -0.2) is 4.98 Å². The smallest absolute Gasteiger partial charge is 0.255 e. The first-order chi connectivity index (χ1) is 8.61. The van der Waals surface area contributed by atoms with Gasteiger partial charge in [0.15, 0.2) is 5.82 Å². The summed E-state index contributed by atoms with van der Waals surface area (Å²) in [6.45, 7) is -0.0415. The molecule has 94 valence electrons. The first-order valence-electron chi connectivity index (χ1n) is 5.08. The van der Waals surface area contributed by atoms with Gasteiger partial charge in [-0.3, -0.25) is 0 Å². The Morgan fingerprint density at radius 3 is 2.72 bits per heavy atom. The summed E-state index contributed by atoms with van der Waals surface area (Å²) in [7, 11) is 0. The summed E-state index contributed by atoms with van der Waals surface area (Å²) < 4.78 is 32.7. The van der Waals surface area contributed by atoms with Crippen molar-refractivity contribution in [2.24, 2.45) is 5.73 Å². The summed E-state index contributed by atoms with van der Waals surface area (Å²) in [6, 6.07) is 5.44. The number of aromatic nitrogens is 1. The summed E-state index contributed by atoms with van der Waals surface area (Å²) in [5.41, 5.74) is 5.61. The van der Waals surface area contributed by atoms with E-state index in [-0.39, 0.29) is 23.7 Å². The van der Waals surface area contributed by atoms with Gasteiger partial charge in [-0.25, -0.2) is 13.8 Å². The minimum Gasteiger partial charge on any atom is -0.436 e. The van der Waals surface area contributed by atoms with Crippen LogP contribution in [0.4, 0.5) is 8.78 Å². The van der Waals surface area contributed by atoms with Crippen LogP contribution >= 0.6 is 15.9 Å². The number of rotatable bonds is 3. The molecule has 0 saturated heterocycles. The third kappa shape index (κ3) is 2.65. The van der Waals surface area contributed by atoms with Crippen LogP contribution in [0.1, 0.15) is 5.56 Å². The van der Waals surface area contributed by atoms with Gasteiger partial charge >= 0.3 is 0 Å². The summed E-state index contributed by atoms with van der Waals surface area (Å²) in [5.74, 6) is -1.20. The minimum atomic E-state index is -0.642. The highest BCUT2D eigenvalue weighted by molar-refractivity contribution is 9.10. The van der Waals surface area contributed by atoms with Crippen molar-refractivity contribution in [3.8, 4) is 11.6 Å². The number of pyridine rings is 1. The Bertz CT molecular complexity index is 578. The van der Waals surface area contributed by atoms with Gasteiger partial charge in [-0.2, -0.15) is 0 Å². The Morgan fingerprint density at radius 1 is 1.28 bits per heavy atom. The summed E-state index contributed by atoms with van der Waals surface area (Å²) in [5, 5.41) is 0. The molecule has 0 bridgehead atoms. The van der Waals surface area contributed by atoms with Crippen molar-refractivity contribution in [1.29, 1.82) is 0 Å². The molecule has 2 aromatic rings. The van der Waals surface area contributed by atoms with Gasteiger partial charge in [0.05, 0.1) is 0 Å². The lowest BCUT2D eigenvalue weighted by Gasteiger charge is -2.10. The molecule has 0 aliphatic rings. The van der Waals surface area contributed by atoms with Crippen molar-refractivity contribution < 1.29 is 13.5 Å². The lowest BCUT2D eigenvalue weighted by Crippen LogP contribution is -2.03. The van der Waals surface area contributed by atoms with E-state index < -0.39 is 11.6 Å². The molecule has 2 N–H and O–H groups in total. The maximum Gasteiger partial charge on any atom is 0.255 e. The number of benzene rings is 1. The van der Waals surface area contributed by atoms with Crippen molar-refractivity contribution in [2.75, 3.05) is 0 Å². The van der Waals surface area contributed by atoms with Gasteiger partial charge in [-0.15, -0.1) is 0 Å². The molecule has 1 heterocycles. The normalized spacial score (nSPS) is 10.4. The summed E-state index contributed by atoms with van der Waals surface area (Å²) in [6.07, 6.45) is 1.39. The molecule has 18 heavy (non-hydrogen) atoms. The van der Waals surface area contributed by atoms with Gasteiger partial charge < -0.3 is 10.5 Å². The summed E-state index contributed by atoms with van der Waals surface area (Å²) in [4.78, 5) is 3.77. The second kappa shape index (κ2) is 5.41. The predicted octanol–water partition coefficient (Wildman–Crippen LogP) is 3.37. The molecule has 0 fully saturated rings. The fourth-order valence-electron chi connectivity index (χ4n) is 1.41. The van der Waals surface area contributed by atoms with Crippen molar-refractivity contribution in [1.82, 2.24) is 4.98 Å². The molecule has 0 atom stereocenters. The van der Waals surface area contributed by atoms with E-state index in [1.54, 1.807) is 0 Å². The predicted molar refractivity (Wildman–Crippen MR) is 66.3 cm³/mol. The SMILES string of the molecule is NCc1c(F)cccc1Oc1ncc(Br)cc1F. The van der Waals surface area contributed by atoms with Crippen LogP contribution < -0.4 is 10.5 Å². The Kier molecular flexibility index (Phi) is 3.88. The minimum absolute atomic E-state index is 0.0415. The maximum atomic E-state index is 13.5. The van der Waals surface area contributed by atoms with Gasteiger partial charge in [0.2, 0.25) is 0 Å². The molecule has 2 rings (SSSR count). The molecule has 6 heteroatoms. The highest BCUT2D eigenvalue weighted by Crippen LogP contribution is 2.28. The van der Waals surface area contributed by atoms with E-state index in [2.05, 4.69) is 20.9 Å². The zero-order chi connectivity index (χ0) is 13.1.